The lowest BCUT2D eigenvalue weighted by molar-refractivity contribution is -0.138. The first kappa shape index (κ1) is 8.95. The van der Waals surface area contributed by atoms with E-state index >= 15 is 0 Å². The number of carboxylic acids is 1. The minimum atomic E-state index is -1.04. The molecule has 0 saturated carbocycles. The Bertz CT molecular complexity index is 168. The fourth-order valence-corrected chi connectivity index (χ4v) is 0.342. The van der Waals surface area contributed by atoms with Crippen molar-refractivity contribution in [2.45, 2.75) is 12.5 Å². The van der Waals surface area contributed by atoms with Gasteiger partial charge in [0.2, 0.25) is 0 Å². The lowest BCUT2D eigenvalue weighted by Gasteiger charge is -1.97. The molecular formula is C6H10N2O2. The normalized spacial score (nSPS) is 11.4. The molecule has 0 aliphatic carbocycles. The Hall–Kier alpha value is -1.05. The third-order valence-electron chi connectivity index (χ3n) is 0.866. The average molecular weight is 142 g/mol. The van der Waals surface area contributed by atoms with Crippen molar-refractivity contribution < 1.29 is 9.90 Å². The number of hydrogen-bond acceptors (Lipinski definition) is 3. The molecule has 56 valence electrons. The molecule has 0 aromatic carbocycles. The Morgan fingerprint density at radius 2 is 2.20 bits per heavy atom. The minimum absolute atomic E-state index is 0.159. The van der Waals surface area contributed by atoms with Crippen molar-refractivity contribution >= 4 is 5.97 Å². The quantitative estimate of drug-likeness (QED) is 0.420. The molecule has 0 unspecified atom stereocenters. The monoisotopic (exact) mass is 142 g/mol. The van der Waals surface area contributed by atoms with Crippen molar-refractivity contribution in [3.8, 4) is 11.8 Å². The van der Waals surface area contributed by atoms with E-state index < -0.39 is 12.0 Å². The summed E-state index contributed by atoms with van der Waals surface area (Å²) in [6.07, 6.45) is 0.159. The van der Waals surface area contributed by atoms with Crippen LogP contribution in [-0.4, -0.2) is 23.7 Å². The second kappa shape index (κ2) is 4.79. The van der Waals surface area contributed by atoms with Crippen molar-refractivity contribution in [2.24, 2.45) is 11.5 Å². The van der Waals surface area contributed by atoms with Gasteiger partial charge in [-0.25, -0.2) is 0 Å². The van der Waals surface area contributed by atoms with E-state index in [1.807, 2.05) is 0 Å². The fraction of sp³-hybridized carbons (Fsp3) is 0.500. The van der Waals surface area contributed by atoms with E-state index in [0.717, 1.165) is 0 Å². The first-order valence-corrected chi connectivity index (χ1v) is 2.82. The van der Waals surface area contributed by atoms with Gasteiger partial charge in [0.25, 0.3) is 0 Å². The molecule has 0 aliphatic rings. The number of nitrogens with two attached hydrogens (primary N) is 2. The van der Waals surface area contributed by atoms with E-state index in [2.05, 4.69) is 11.8 Å². The molecule has 0 aliphatic heterocycles. The van der Waals surface area contributed by atoms with Crippen molar-refractivity contribution in [1.82, 2.24) is 0 Å². The standard InChI is InChI=1S/C6H10N2O2/c7-4-2-1-3-5(8)6(9)10/h5H,3-4,7-8H2,(H,9,10)/t5-/m1/s1. The van der Waals surface area contributed by atoms with Gasteiger partial charge in [-0.3, -0.25) is 4.79 Å². The predicted octanol–water partition coefficient (Wildman–Crippen LogP) is -1.25. The van der Waals surface area contributed by atoms with Crippen LogP contribution in [0.25, 0.3) is 0 Å². The number of aliphatic carboxylic acids is 1. The van der Waals surface area contributed by atoms with Gasteiger partial charge in [-0.05, 0) is 0 Å². The largest absolute Gasteiger partial charge is 0.480 e. The summed E-state index contributed by atoms with van der Waals surface area (Å²) in [4.78, 5) is 10.1. The summed E-state index contributed by atoms with van der Waals surface area (Å²) in [5, 5.41) is 8.26. The number of carbonyl (C=O) groups is 1. The first-order chi connectivity index (χ1) is 4.68. The number of hydrogen-bond donors (Lipinski definition) is 3. The molecule has 0 saturated heterocycles. The second-order valence-corrected chi connectivity index (χ2v) is 1.71. The SMILES string of the molecule is NCC#CC[C@@H](N)C(=O)O. The van der Waals surface area contributed by atoms with E-state index in [1.165, 1.54) is 0 Å². The summed E-state index contributed by atoms with van der Waals surface area (Å²) in [5.41, 5.74) is 10.1. The van der Waals surface area contributed by atoms with Gasteiger partial charge in [0.05, 0.1) is 6.54 Å². The predicted molar refractivity (Wildman–Crippen MR) is 37.1 cm³/mol. The summed E-state index contributed by atoms with van der Waals surface area (Å²) < 4.78 is 0. The zero-order valence-electron chi connectivity index (χ0n) is 5.50. The molecule has 0 rings (SSSR count). The molecule has 5 N–H and O–H groups in total. The molecule has 0 heterocycles. The van der Waals surface area contributed by atoms with Gasteiger partial charge >= 0.3 is 5.97 Å². The Labute approximate surface area is 59.2 Å². The zero-order valence-corrected chi connectivity index (χ0v) is 5.50. The molecule has 0 amide bonds. The molecule has 4 heteroatoms. The minimum Gasteiger partial charge on any atom is -0.480 e. The molecule has 1 atom stereocenters. The fourth-order valence-electron chi connectivity index (χ4n) is 0.342. The van der Waals surface area contributed by atoms with Crippen LogP contribution in [0.1, 0.15) is 6.42 Å². The molecule has 0 aromatic heterocycles. The van der Waals surface area contributed by atoms with Gasteiger partial charge in [0.1, 0.15) is 6.04 Å². The Morgan fingerprint density at radius 1 is 1.60 bits per heavy atom. The maximum atomic E-state index is 10.1. The summed E-state index contributed by atoms with van der Waals surface area (Å²) in [6.45, 7) is 0.242. The highest BCUT2D eigenvalue weighted by molar-refractivity contribution is 5.73. The molecule has 10 heavy (non-hydrogen) atoms. The molecule has 0 radical (unpaired) electrons. The summed E-state index contributed by atoms with van der Waals surface area (Å²) in [6, 6.07) is -0.890. The second-order valence-electron chi connectivity index (χ2n) is 1.71. The lowest BCUT2D eigenvalue weighted by atomic mass is 10.2. The Kier molecular flexibility index (Phi) is 4.29. The topological polar surface area (TPSA) is 89.3 Å². The number of rotatable bonds is 2. The summed E-state index contributed by atoms with van der Waals surface area (Å²) in [7, 11) is 0. The number of carboxylic acid groups (broad SMARTS) is 1. The Morgan fingerprint density at radius 3 is 2.60 bits per heavy atom. The van der Waals surface area contributed by atoms with E-state index in [-0.39, 0.29) is 13.0 Å². The van der Waals surface area contributed by atoms with Gasteiger partial charge in [-0.2, -0.15) is 0 Å². The van der Waals surface area contributed by atoms with Crippen LogP contribution in [0.4, 0.5) is 0 Å². The molecule has 4 nitrogen and oxygen atoms in total. The van der Waals surface area contributed by atoms with Crippen LogP contribution >= 0.6 is 0 Å². The van der Waals surface area contributed by atoms with Gasteiger partial charge in [0, 0.05) is 6.42 Å². The van der Waals surface area contributed by atoms with Crippen LogP contribution in [0.3, 0.4) is 0 Å². The van der Waals surface area contributed by atoms with Gasteiger partial charge in [-0.15, -0.1) is 0 Å². The van der Waals surface area contributed by atoms with Crippen LogP contribution in [0.5, 0.6) is 0 Å². The highest BCUT2D eigenvalue weighted by Crippen LogP contribution is 1.83. The van der Waals surface area contributed by atoms with E-state index in [1.54, 1.807) is 0 Å². The van der Waals surface area contributed by atoms with Gasteiger partial charge < -0.3 is 16.6 Å². The van der Waals surface area contributed by atoms with Crippen LogP contribution in [0.2, 0.25) is 0 Å². The molecule has 0 bridgehead atoms. The maximum Gasteiger partial charge on any atom is 0.321 e. The zero-order chi connectivity index (χ0) is 7.98. The summed E-state index contributed by atoms with van der Waals surface area (Å²) >= 11 is 0. The highest BCUT2D eigenvalue weighted by Gasteiger charge is 2.07. The Balaban J connectivity index is 3.58. The molecule has 0 spiro atoms. The van der Waals surface area contributed by atoms with Crippen molar-refractivity contribution in [1.29, 1.82) is 0 Å². The molecule has 0 aromatic rings. The van der Waals surface area contributed by atoms with Crippen LogP contribution in [0.15, 0.2) is 0 Å². The van der Waals surface area contributed by atoms with Crippen LogP contribution in [-0.2, 0) is 4.79 Å². The third-order valence-corrected chi connectivity index (χ3v) is 0.866. The van der Waals surface area contributed by atoms with Crippen molar-refractivity contribution in [2.75, 3.05) is 6.54 Å². The summed E-state index contributed by atoms with van der Waals surface area (Å²) in [5.74, 6) is 4.02. The van der Waals surface area contributed by atoms with Crippen molar-refractivity contribution in [3.05, 3.63) is 0 Å². The van der Waals surface area contributed by atoms with Crippen molar-refractivity contribution in [3.63, 3.8) is 0 Å². The third kappa shape index (κ3) is 3.89. The van der Waals surface area contributed by atoms with E-state index in [4.69, 9.17) is 16.6 Å². The van der Waals surface area contributed by atoms with E-state index in [9.17, 15) is 4.79 Å². The van der Waals surface area contributed by atoms with E-state index in [0.29, 0.717) is 0 Å². The van der Waals surface area contributed by atoms with Gasteiger partial charge in [0.15, 0.2) is 0 Å². The highest BCUT2D eigenvalue weighted by atomic mass is 16.4. The van der Waals surface area contributed by atoms with Crippen LogP contribution in [0, 0.1) is 11.8 Å². The first-order valence-electron chi connectivity index (χ1n) is 2.82. The lowest BCUT2D eigenvalue weighted by Crippen LogP contribution is -2.29. The van der Waals surface area contributed by atoms with Crippen LogP contribution < -0.4 is 11.5 Å². The smallest absolute Gasteiger partial charge is 0.321 e. The molecular weight excluding hydrogens is 132 g/mol. The average Bonchev–Trinajstić information content (AvgIpc) is 1.88. The van der Waals surface area contributed by atoms with Gasteiger partial charge in [-0.1, -0.05) is 11.8 Å². The molecule has 0 fully saturated rings. The maximum absolute atomic E-state index is 10.1.